The average Bonchev–Trinajstić information content (AvgIpc) is 2.74. The van der Waals surface area contributed by atoms with Gasteiger partial charge in [-0.25, -0.2) is 0 Å². The summed E-state index contributed by atoms with van der Waals surface area (Å²) >= 11 is 0. The Bertz CT molecular complexity index is 376. The minimum atomic E-state index is -0.864. The predicted octanol–water partition coefficient (Wildman–Crippen LogP) is 1.64. The number of hydrogen-bond donors (Lipinski definition) is 2. The maximum Gasteiger partial charge on any atom is 0.323 e. The number of carbonyl (C=O) groups is 1. The molecule has 0 aromatic carbocycles. The summed E-state index contributed by atoms with van der Waals surface area (Å²) in [6.45, 7) is 7.04. The Morgan fingerprint density at radius 2 is 2.29 bits per heavy atom. The maximum absolute atomic E-state index is 11.2. The van der Waals surface area contributed by atoms with Crippen molar-refractivity contribution in [3.8, 4) is 0 Å². The van der Waals surface area contributed by atoms with Crippen LogP contribution in [0.1, 0.15) is 39.3 Å². The molecule has 0 radical (unpaired) electrons. The van der Waals surface area contributed by atoms with Crippen LogP contribution < -0.4 is 5.32 Å². The summed E-state index contributed by atoms with van der Waals surface area (Å²) < 4.78 is 1.86. The van der Waals surface area contributed by atoms with Crippen molar-refractivity contribution < 1.29 is 9.90 Å². The van der Waals surface area contributed by atoms with Crippen LogP contribution in [0.15, 0.2) is 12.3 Å². The fourth-order valence-electron chi connectivity index (χ4n) is 1.85. The second-order valence-electron chi connectivity index (χ2n) is 4.38. The molecule has 0 saturated carbocycles. The second kappa shape index (κ2) is 5.82. The molecule has 2 N–H and O–H groups in total. The predicted molar refractivity (Wildman–Crippen MR) is 65.7 cm³/mol. The van der Waals surface area contributed by atoms with Gasteiger partial charge in [-0.1, -0.05) is 13.3 Å². The zero-order valence-corrected chi connectivity index (χ0v) is 10.7. The highest BCUT2D eigenvalue weighted by molar-refractivity contribution is 5.78. The van der Waals surface area contributed by atoms with Gasteiger partial charge in [0.15, 0.2) is 0 Å². The first-order valence-electron chi connectivity index (χ1n) is 6.02. The van der Waals surface area contributed by atoms with Crippen LogP contribution >= 0.6 is 0 Å². The monoisotopic (exact) mass is 239 g/mol. The van der Waals surface area contributed by atoms with Crippen molar-refractivity contribution in [3.63, 3.8) is 0 Å². The first-order valence-corrected chi connectivity index (χ1v) is 6.02. The summed E-state index contributed by atoms with van der Waals surface area (Å²) in [4.78, 5) is 11.2. The minimum absolute atomic E-state index is 0.524. The van der Waals surface area contributed by atoms with E-state index in [1.54, 1.807) is 13.1 Å². The molecule has 5 nitrogen and oxygen atoms in total. The number of rotatable bonds is 7. The molecule has 96 valence electrons. The zero-order valence-electron chi connectivity index (χ0n) is 10.7. The number of carboxylic acid groups (broad SMARTS) is 1. The Hall–Kier alpha value is -1.36. The molecular weight excluding hydrogens is 218 g/mol. The lowest BCUT2D eigenvalue weighted by Crippen LogP contribution is -2.49. The van der Waals surface area contributed by atoms with Gasteiger partial charge in [-0.05, 0) is 26.3 Å². The number of aliphatic carboxylic acids is 1. The van der Waals surface area contributed by atoms with Crippen LogP contribution in [0.3, 0.4) is 0 Å². The highest BCUT2D eigenvalue weighted by Crippen LogP contribution is 2.13. The lowest BCUT2D eigenvalue weighted by Gasteiger charge is -2.26. The molecule has 1 aromatic heterocycles. The lowest BCUT2D eigenvalue weighted by atomic mass is 9.96. The third-order valence-corrected chi connectivity index (χ3v) is 2.99. The molecule has 0 saturated heterocycles. The van der Waals surface area contributed by atoms with E-state index in [-0.39, 0.29) is 0 Å². The first kappa shape index (κ1) is 13.7. The van der Waals surface area contributed by atoms with Gasteiger partial charge in [-0.15, -0.1) is 0 Å². The van der Waals surface area contributed by atoms with Crippen LogP contribution in [0.5, 0.6) is 0 Å². The molecule has 0 fully saturated rings. The van der Waals surface area contributed by atoms with Gasteiger partial charge in [-0.3, -0.25) is 14.8 Å². The fourth-order valence-corrected chi connectivity index (χ4v) is 1.85. The Balaban J connectivity index is 2.67. The van der Waals surface area contributed by atoms with E-state index >= 15 is 0 Å². The SMILES string of the molecule is CCCC(C)(NCc1ccnn1CC)C(=O)O. The zero-order chi connectivity index (χ0) is 12.9. The Labute approximate surface area is 102 Å². The molecule has 17 heavy (non-hydrogen) atoms. The van der Waals surface area contributed by atoms with E-state index in [4.69, 9.17) is 0 Å². The van der Waals surface area contributed by atoms with E-state index in [0.717, 1.165) is 18.7 Å². The number of nitrogens with zero attached hydrogens (tertiary/aromatic N) is 2. The van der Waals surface area contributed by atoms with E-state index in [1.165, 1.54) is 0 Å². The van der Waals surface area contributed by atoms with E-state index in [9.17, 15) is 9.90 Å². The van der Waals surface area contributed by atoms with Crippen molar-refractivity contribution in [2.24, 2.45) is 0 Å². The smallest absolute Gasteiger partial charge is 0.323 e. The first-order chi connectivity index (χ1) is 8.03. The number of carboxylic acids is 1. The third kappa shape index (κ3) is 3.30. The maximum atomic E-state index is 11.2. The topological polar surface area (TPSA) is 67.2 Å². The molecule has 1 rings (SSSR count). The van der Waals surface area contributed by atoms with Gasteiger partial charge >= 0.3 is 5.97 Å². The molecule has 1 aromatic rings. The van der Waals surface area contributed by atoms with Crippen LogP contribution in [-0.4, -0.2) is 26.4 Å². The summed E-state index contributed by atoms with van der Waals surface area (Å²) in [5.41, 5.74) is 0.147. The lowest BCUT2D eigenvalue weighted by molar-refractivity contribution is -0.144. The van der Waals surface area contributed by atoms with Crippen molar-refractivity contribution in [1.82, 2.24) is 15.1 Å². The molecule has 0 spiro atoms. The molecule has 1 atom stereocenters. The molecule has 0 amide bonds. The summed E-state index contributed by atoms with van der Waals surface area (Å²) in [6.07, 6.45) is 3.18. The van der Waals surface area contributed by atoms with Gasteiger partial charge in [0.2, 0.25) is 0 Å². The summed E-state index contributed by atoms with van der Waals surface area (Å²) in [5.74, 6) is -0.804. The van der Waals surface area contributed by atoms with Gasteiger partial charge < -0.3 is 5.11 Å². The van der Waals surface area contributed by atoms with E-state index in [2.05, 4.69) is 10.4 Å². The van der Waals surface area contributed by atoms with Gasteiger partial charge in [0.25, 0.3) is 0 Å². The van der Waals surface area contributed by atoms with Crippen LogP contribution in [0.25, 0.3) is 0 Å². The highest BCUT2D eigenvalue weighted by Gasteiger charge is 2.31. The third-order valence-electron chi connectivity index (χ3n) is 2.99. The summed E-state index contributed by atoms with van der Waals surface area (Å²) in [6, 6.07) is 1.91. The minimum Gasteiger partial charge on any atom is -0.480 e. The number of aromatic nitrogens is 2. The normalized spacial score (nSPS) is 14.5. The Morgan fingerprint density at radius 3 is 2.82 bits per heavy atom. The largest absolute Gasteiger partial charge is 0.480 e. The van der Waals surface area contributed by atoms with Crippen molar-refractivity contribution in [3.05, 3.63) is 18.0 Å². The molecule has 5 heteroatoms. The Morgan fingerprint density at radius 1 is 1.59 bits per heavy atom. The Kier molecular flexibility index (Phi) is 4.69. The van der Waals surface area contributed by atoms with Crippen molar-refractivity contribution in [2.45, 2.75) is 52.2 Å². The fraction of sp³-hybridized carbons (Fsp3) is 0.667. The van der Waals surface area contributed by atoms with Crippen molar-refractivity contribution >= 4 is 5.97 Å². The number of hydrogen-bond acceptors (Lipinski definition) is 3. The standard InChI is InChI=1S/C12H21N3O2/c1-4-7-12(3,11(16)17)13-9-10-6-8-14-15(10)5-2/h6,8,13H,4-5,7,9H2,1-3H3,(H,16,17). The molecule has 0 aliphatic rings. The van der Waals surface area contributed by atoms with Crippen molar-refractivity contribution in [2.75, 3.05) is 0 Å². The number of nitrogens with one attached hydrogen (secondary N) is 1. The summed E-state index contributed by atoms with van der Waals surface area (Å²) in [7, 11) is 0. The van der Waals surface area contributed by atoms with E-state index in [1.807, 2.05) is 24.6 Å². The average molecular weight is 239 g/mol. The molecule has 0 bridgehead atoms. The molecule has 1 heterocycles. The molecule has 1 unspecified atom stereocenters. The van der Waals surface area contributed by atoms with Crippen LogP contribution in [0, 0.1) is 0 Å². The number of aryl methyl sites for hydroxylation is 1. The van der Waals surface area contributed by atoms with Crippen LogP contribution in [-0.2, 0) is 17.9 Å². The van der Waals surface area contributed by atoms with Crippen molar-refractivity contribution in [1.29, 1.82) is 0 Å². The van der Waals surface area contributed by atoms with Gasteiger partial charge in [0.1, 0.15) is 5.54 Å². The van der Waals surface area contributed by atoms with Gasteiger partial charge in [0.05, 0.1) is 5.69 Å². The van der Waals surface area contributed by atoms with Crippen LogP contribution in [0.4, 0.5) is 0 Å². The highest BCUT2D eigenvalue weighted by atomic mass is 16.4. The quantitative estimate of drug-likeness (QED) is 0.759. The van der Waals surface area contributed by atoms with E-state index < -0.39 is 11.5 Å². The molecule has 0 aliphatic heterocycles. The van der Waals surface area contributed by atoms with Gasteiger partial charge in [0, 0.05) is 19.3 Å². The van der Waals surface area contributed by atoms with E-state index in [0.29, 0.717) is 13.0 Å². The summed E-state index contributed by atoms with van der Waals surface area (Å²) in [5, 5.41) is 16.5. The molecular formula is C12H21N3O2. The molecule has 0 aliphatic carbocycles. The second-order valence-corrected chi connectivity index (χ2v) is 4.38. The van der Waals surface area contributed by atoms with Crippen LogP contribution in [0.2, 0.25) is 0 Å². The van der Waals surface area contributed by atoms with Gasteiger partial charge in [-0.2, -0.15) is 5.10 Å².